The number of nitro groups is 1. The molecule has 1 heterocycles. The highest BCUT2D eigenvalue weighted by Crippen LogP contribution is 2.49. The molecule has 116 valence electrons. The van der Waals surface area contributed by atoms with Crippen LogP contribution in [-0.4, -0.2) is 29.7 Å². The fraction of sp³-hybridized carbons (Fsp3) is 0.438. The Bertz CT molecular complexity index is 615. The molecule has 1 saturated carbocycles. The SMILES string of the molecule is O=C(C=Cc1cccc([N+](=O)[O-])c1)OC1(C2CCOC2)CC1. The molecule has 0 bridgehead atoms. The van der Waals surface area contributed by atoms with Gasteiger partial charge in [0.05, 0.1) is 11.5 Å². The molecule has 3 rings (SSSR count). The molecule has 1 atom stereocenters. The summed E-state index contributed by atoms with van der Waals surface area (Å²) in [6, 6.07) is 6.12. The van der Waals surface area contributed by atoms with Crippen LogP contribution in [0.2, 0.25) is 0 Å². The van der Waals surface area contributed by atoms with Crippen molar-refractivity contribution in [1.82, 2.24) is 0 Å². The highest BCUT2D eigenvalue weighted by molar-refractivity contribution is 5.87. The number of carbonyl (C=O) groups excluding carboxylic acids is 1. The van der Waals surface area contributed by atoms with E-state index in [-0.39, 0.29) is 11.3 Å². The second kappa shape index (κ2) is 5.88. The number of nitrogens with zero attached hydrogens (tertiary/aromatic N) is 1. The largest absolute Gasteiger partial charge is 0.456 e. The van der Waals surface area contributed by atoms with Gasteiger partial charge in [0.2, 0.25) is 0 Å². The monoisotopic (exact) mass is 303 g/mol. The lowest BCUT2D eigenvalue weighted by Gasteiger charge is -2.21. The van der Waals surface area contributed by atoms with Crippen LogP contribution in [0.5, 0.6) is 0 Å². The first kappa shape index (κ1) is 14.7. The molecule has 2 aliphatic rings. The molecule has 2 fully saturated rings. The Labute approximate surface area is 127 Å². The number of hydrogen-bond donors (Lipinski definition) is 0. The van der Waals surface area contributed by atoms with Crippen molar-refractivity contribution in [2.45, 2.75) is 24.9 Å². The van der Waals surface area contributed by atoms with Crippen molar-refractivity contribution in [3.05, 3.63) is 46.0 Å². The highest BCUT2D eigenvalue weighted by atomic mass is 16.6. The Kier molecular flexibility index (Phi) is 3.94. The van der Waals surface area contributed by atoms with E-state index in [1.54, 1.807) is 12.1 Å². The zero-order valence-electron chi connectivity index (χ0n) is 12.1. The molecule has 1 aromatic carbocycles. The van der Waals surface area contributed by atoms with Crippen LogP contribution in [0, 0.1) is 16.0 Å². The molecule has 0 amide bonds. The molecule has 0 aromatic heterocycles. The maximum atomic E-state index is 12.0. The van der Waals surface area contributed by atoms with E-state index >= 15 is 0 Å². The van der Waals surface area contributed by atoms with Crippen LogP contribution < -0.4 is 0 Å². The predicted octanol–water partition coefficient (Wildman–Crippen LogP) is 2.72. The summed E-state index contributed by atoms with van der Waals surface area (Å²) in [7, 11) is 0. The summed E-state index contributed by atoms with van der Waals surface area (Å²) >= 11 is 0. The first-order chi connectivity index (χ1) is 10.6. The Morgan fingerprint density at radius 1 is 1.45 bits per heavy atom. The maximum Gasteiger partial charge on any atom is 0.331 e. The number of esters is 1. The molecule has 1 unspecified atom stereocenters. The van der Waals surface area contributed by atoms with Crippen LogP contribution in [0.4, 0.5) is 5.69 Å². The van der Waals surface area contributed by atoms with E-state index in [1.165, 1.54) is 24.3 Å². The van der Waals surface area contributed by atoms with Crippen molar-refractivity contribution in [1.29, 1.82) is 0 Å². The summed E-state index contributed by atoms with van der Waals surface area (Å²) in [6.45, 7) is 1.38. The van der Waals surface area contributed by atoms with Gasteiger partial charge in [0.25, 0.3) is 5.69 Å². The molecule has 6 nitrogen and oxygen atoms in total. The molecule has 1 saturated heterocycles. The molecule has 1 aliphatic heterocycles. The standard InChI is InChI=1S/C16H17NO5/c18-15(22-16(7-8-16)13-6-9-21-11-13)5-4-12-2-1-3-14(10-12)17(19)20/h1-5,10,13H,6-9,11H2. The summed E-state index contributed by atoms with van der Waals surface area (Å²) < 4.78 is 10.9. The Morgan fingerprint density at radius 2 is 2.27 bits per heavy atom. The van der Waals surface area contributed by atoms with Crippen LogP contribution in [0.1, 0.15) is 24.8 Å². The van der Waals surface area contributed by atoms with Crippen LogP contribution >= 0.6 is 0 Å². The summed E-state index contributed by atoms with van der Waals surface area (Å²) in [5.41, 5.74) is 0.248. The number of hydrogen-bond acceptors (Lipinski definition) is 5. The zero-order valence-corrected chi connectivity index (χ0v) is 12.1. The summed E-state index contributed by atoms with van der Waals surface area (Å²) in [4.78, 5) is 22.2. The average molecular weight is 303 g/mol. The lowest BCUT2D eigenvalue weighted by atomic mass is 9.99. The predicted molar refractivity (Wildman–Crippen MR) is 79.1 cm³/mol. The second-order valence-electron chi connectivity index (χ2n) is 5.73. The van der Waals surface area contributed by atoms with E-state index in [9.17, 15) is 14.9 Å². The van der Waals surface area contributed by atoms with E-state index in [4.69, 9.17) is 9.47 Å². The van der Waals surface area contributed by atoms with Crippen molar-refractivity contribution in [3.8, 4) is 0 Å². The van der Waals surface area contributed by atoms with Crippen LogP contribution in [0.15, 0.2) is 30.3 Å². The minimum absolute atomic E-state index is 0.00251. The molecule has 1 aromatic rings. The summed E-state index contributed by atoms with van der Waals surface area (Å²) in [5.74, 6) is -0.112. The van der Waals surface area contributed by atoms with Gasteiger partial charge in [-0.2, -0.15) is 0 Å². The van der Waals surface area contributed by atoms with Crippen LogP contribution in [-0.2, 0) is 14.3 Å². The van der Waals surface area contributed by atoms with Gasteiger partial charge in [-0.05, 0) is 30.9 Å². The van der Waals surface area contributed by atoms with Gasteiger partial charge in [-0.15, -0.1) is 0 Å². The highest BCUT2D eigenvalue weighted by Gasteiger charge is 2.53. The van der Waals surface area contributed by atoms with Gasteiger partial charge in [0.15, 0.2) is 0 Å². The zero-order chi connectivity index (χ0) is 15.6. The number of nitro benzene ring substituents is 1. The molecular weight excluding hydrogens is 286 g/mol. The number of ether oxygens (including phenoxy) is 2. The minimum atomic E-state index is -0.463. The Morgan fingerprint density at radius 3 is 2.91 bits per heavy atom. The first-order valence-electron chi connectivity index (χ1n) is 7.32. The van der Waals surface area contributed by atoms with Gasteiger partial charge in [-0.1, -0.05) is 12.1 Å². The average Bonchev–Trinajstić information content (AvgIpc) is 3.07. The summed E-state index contributed by atoms with van der Waals surface area (Å²) in [5, 5.41) is 10.7. The van der Waals surface area contributed by atoms with Gasteiger partial charge < -0.3 is 9.47 Å². The van der Waals surface area contributed by atoms with Gasteiger partial charge in [-0.3, -0.25) is 10.1 Å². The summed E-state index contributed by atoms with van der Waals surface area (Å²) in [6.07, 6.45) is 5.57. The molecule has 6 heteroatoms. The lowest BCUT2D eigenvalue weighted by Crippen LogP contribution is -2.28. The van der Waals surface area contributed by atoms with E-state index in [0.717, 1.165) is 25.9 Å². The third-order valence-corrected chi connectivity index (χ3v) is 4.21. The van der Waals surface area contributed by atoms with Crippen molar-refractivity contribution < 1.29 is 19.2 Å². The van der Waals surface area contributed by atoms with Crippen molar-refractivity contribution in [2.75, 3.05) is 13.2 Å². The van der Waals surface area contributed by atoms with Crippen LogP contribution in [0.3, 0.4) is 0 Å². The number of non-ortho nitro benzene ring substituents is 1. The smallest absolute Gasteiger partial charge is 0.331 e. The van der Waals surface area contributed by atoms with Crippen molar-refractivity contribution in [2.24, 2.45) is 5.92 Å². The number of benzene rings is 1. The number of rotatable bonds is 5. The Hall–Kier alpha value is -2.21. The third kappa shape index (κ3) is 3.17. The molecule has 0 N–H and O–H groups in total. The van der Waals surface area contributed by atoms with Gasteiger partial charge in [0.1, 0.15) is 5.60 Å². The second-order valence-corrected chi connectivity index (χ2v) is 5.73. The topological polar surface area (TPSA) is 78.7 Å². The van der Waals surface area contributed by atoms with Crippen molar-refractivity contribution in [3.63, 3.8) is 0 Å². The molecule has 1 aliphatic carbocycles. The van der Waals surface area contributed by atoms with Gasteiger partial charge in [-0.25, -0.2) is 4.79 Å². The molecular formula is C16H17NO5. The fourth-order valence-electron chi connectivity index (χ4n) is 2.81. The molecule has 22 heavy (non-hydrogen) atoms. The van der Waals surface area contributed by atoms with E-state index in [0.29, 0.717) is 18.1 Å². The third-order valence-electron chi connectivity index (χ3n) is 4.21. The fourth-order valence-corrected chi connectivity index (χ4v) is 2.81. The normalized spacial score (nSPS) is 22.6. The quantitative estimate of drug-likeness (QED) is 0.362. The van der Waals surface area contributed by atoms with Gasteiger partial charge >= 0.3 is 5.97 Å². The van der Waals surface area contributed by atoms with Gasteiger partial charge in [0, 0.05) is 30.7 Å². The minimum Gasteiger partial charge on any atom is -0.456 e. The number of carbonyl (C=O) groups is 1. The molecule has 0 radical (unpaired) electrons. The Balaban J connectivity index is 1.62. The maximum absolute atomic E-state index is 12.0. The van der Waals surface area contributed by atoms with E-state index in [2.05, 4.69) is 0 Å². The van der Waals surface area contributed by atoms with Crippen LogP contribution in [0.25, 0.3) is 6.08 Å². The first-order valence-corrected chi connectivity index (χ1v) is 7.32. The van der Waals surface area contributed by atoms with E-state index in [1.807, 2.05) is 0 Å². The lowest BCUT2D eigenvalue weighted by molar-refractivity contribution is -0.384. The molecule has 0 spiro atoms. The van der Waals surface area contributed by atoms with Crippen molar-refractivity contribution >= 4 is 17.7 Å². The van der Waals surface area contributed by atoms with E-state index < -0.39 is 10.9 Å².